The van der Waals surface area contributed by atoms with Crippen LogP contribution < -0.4 is 10.0 Å². The average Bonchev–Trinajstić information content (AvgIpc) is 2.48. The molecule has 3 nitrogen and oxygen atoms in total. The minimum absolute atomic E-state index is 0. The molecule has 0 aliphatic rings. The summed E-state index contributed by atoms with van der Waals surface area (Å²) in [7, 11) is 0.112. The molecule has 0 heterocycles. The van der Waals surface area contributed by atoms with Gasteiger partial charge in [-0.3, -0.25) is 4.79 Å². The maximum atomic E-state index is 12.7. The first-order valence-electron chi connectivity index (χ1n) is 8.18. The first-order chi connectivity index (χ1) is 11.4. The molecule has 130 valence electrons. The van der Waals surface area contributed by atoms with E-state index in [1.54, 1.807) is 0 Å². The van der Waals surface area contributed by atoms with Crippen molar-refractivity contribution in [2.24, 2.45) is 0 Å². The van der Waals surface area contributed by atoms with Gasteiger partial charge in [-0.05, 0) is 71.8 Å². The molecule has 25 heavy (non-hydrogen) atoms. The predicted octanol–water partition coefficient (Wildman–Crippen LogP) is 3.87. The van der Waals surface area contributed by atoms with E-state index in [0.29, 0.717) is 6.61 Å². The van der Waals surface area contributed by atoms with Crippen LogP contribution in [0.25, 0.3) is 0 Å². The van der Waals surface area contributed by atoms with Gasteiger partial charge in [0, 0.05) is 12.2 Å². The number of ether oxygens (including phenoxy) is 2. The summed E-state index contributed by atoms with van der Waals surface area (Å²) in [5.41, 5.74) is 4.33. The van der Waals surface area contributed by atoms with Gasteiger partial charge in [0.05, 0.1) is 0 Å². The number of rotatable bonds is 7. The summed E-state index contributed by atoms with van der Waals surface area (Å²) in [5.74, 6) is 0.750. The molecule has 0 spiro atoms. The van der Waals surface area contributed by atoms with Crippen molar-refractivity contribution < 1.29 is 14.3 Å². The van der Waals surface area contributed by atoms with Crippen LogP contribution in [0, 0.1) is 20.8 Å². The summed E-state index contributed by atoms with van der Waals surface area (Å²) in [6.45, 7) is 10.5. The molecule has 2 unspecified atom stereocenters. The number of carbonyl (C=O) groups is 1. The third-order valence-electron chi connectivity index (χ3n) is 3.72. The summed E-state index contributed by atoms with van der Waals surface area (Å²) in [5, 5.41) is 1.01. The average molecular weight is 352 g/mol. The third-order valence-corrected chi connectivity index (χ3v) is 4.82. The molecular formula is C20H26LiO3P. The van der Waals surface area contributed by atoms with Gasteiger partial charge in [0.15, 0.2) is 11.8 Å². The molecule has 2 rings (SSSR count). The quantitative estimate of drug-likeness (QED) is 0.431. The molecular weight excluding hydrogens is 326 g/mol. The van der Waals surface area contributed by atoms with E-state index in [-0.39, 0.29) is 39.3 Å². The predicted molar refractivity (Wildman–Crippen MR) is 108 cm³/mol. The second-order valence-corrected chi connectivity index (χ2v) is 7.17. The fourth-order valence-electron chi connectivity index (χ4n) is 2.81. The van der Waals surface area contributed by atoms with Gasteiger partial charge in [0.1, 0.15) is 5.75 Å². The van der Waals surface area contributed by atoms with Crippen LogP contribution in [-0.2, 0) is 4.74 Å². The Morgan fingerprint density at radius 2 is 1.64 bits per heavy atom. The van der Waals surface area contributed by atoms with Gasteiger partial charge in [0.2, 0.25) is 0 Å². The first-order valence-corrected chi connectivity index (χ1v) is 9.18. The number of benzene rings is 2. The van der Waals surface area contributed by atoms with Crippen molar-refractivity contribution in [3.63, 3.8) is 0 Å². The Kier molecular flexibility index (Phi) is 8.90. The summed E-state index contributed by atoms with van der Waals surface area (Å²) in [6.07, 6.45) is -0.275. The van der Waals surface area contributed by atoms with E-state index in [9.17, 15) is 4.79 Å². The molecule has 0 amide bonds. The van der Waals surface area contributed by atoms with Crippen molar-refractivity contribution in [2.75, 3.05) is 6.61 Å². The number of hydrogen-bond donors (Lipinski definition) is 0. The van der Waals surface area contributed by atoms with Crippen molar-refractivity contribution >= 4 is 38.3 Å². The zero-order valence-electron chi connectivity index (χ0n) is 15.0. The van der Waals surface area contributed by atoms with E-state index in [4.69, 9.17) is 9.47 Å². The fraction of sp³-hybridized carbons (Fsp3) is 0.350. The summed E-state index contributed by atoms with van der Waals surface area (Å²) < 4.78 is 11.0. The zero-order valence-corrected chi connectivity index (χ0v) is 16.0. The van der Waals surface area contributed by atoms with Crippen LogP contribution >= 0.6 is 8.58 Å². The van der Waals surface area contributed by atoms with Gasteiger partial charge >= 0.3 is 18.9 Å². The maximum absolute atomic E-state index is 12.7. The van der Waals surface area contributed by atoms with Crippen LogP contribution in [-0.4, -0.2) is 37.3 Å². The SMILES string of the molecule is CCOC(C)Oc1ccc(PC(=O)c2c(C)cc(C)cc2C)cc1.[LiH]. The molecule has 0 aliphatic heterocycles. The van der Waals surface area contributed by atoms with Crippen molar-refractivity contribution in [1.29, 1.82) is 0 Å². The Morgan fingerprint density at radius 3 is 2.16 bits per heavy atom. The van der Waals surface area contributed by atoms with Crippen molar-refractivity contribution in [2.45, 2.75) is 40.9 Å². The van der Waals surface area contributed by atoms with Crippen LogP contribution in [0.4, 0.5) is 0 Å². The Morgan fingerprint density at radius 1 is 1.08 bits per heavy atom. The molecule has 0 radical (unpaired) electrons. The van der Waals surface area contributed by atoms with E-state index in [2.05, 4.69) is 19.1 Å². The molecule has 2 aromatic carbocycles. The van der Waals surface area contributed by atoms with Gasteiger partial charge in [-0.2, -0.15) is 0 Å². The molecule has 0 saturated carbocycles. The number of aryl methyl sites for hydroxylation is 3. The van der Waals surface area contributed by atoms with Crippen LogP contribution in [0.15, 0.2) is 36.4 Å². The van der Waals surface area contributed by atoms with Crippen molar-refractivity contribution in [1.82, 2.24) is 0 Å². The van der Waals surface area contributed by atoms with Gasteiger partial charge in [0.25, 0.3) is 0 Å². The van der Waals surface area contributed by atoms with Crippen molar-refractivity contribution in [3.8, 4) is 5.75 Å². The standard InChI is InChI=1S/C20H25O3P.Li.H/c1-6-22-16(5)23-17-7-9-18(10-8-17)24-20(21)19-14(3)11-13(2)12-15(19)4;;/h7-12,16,24H,6H2,1-5H3;;. The first kappa shape index (κ1) is 21.9. The molecule has 0 fully saturated rings. The minimum atomic E-state index is -0.275. The molecule has 2 aromatic rings. The van der Waals surface area contributed by atoms with Gasteiger partial charge < -0.3 is 9.47 Å². The summed E-state index contributed by atoms with van der Waals surface area (Å²) in [6, 6.07) is 11.8. The second-order valence-electron chi connectivity index (χ2n) is 5.89. The van der Waals surface area contributed by atoms with E-state index >= 15 is 0 Å². The van der Waals surface area contributed by atoms with Gasteiger partial charge in [-0.15, -0.1) is 0 Å². The van der Waals surface area contributed by atoms with E-state index < -0.39 is 0 Å². The fourth-order valence-corrected chi connectivity index (χ4v) is 3.92. The molecule has 0 N–H and O–H groups in total. The zero-order chi connectivity index (χ0) is 17.7. The Hall–Kier alpha value is -1.10. The monoisotopic (exact) mass is 352 g/mol. The molecule has 0 saturated heterocycles. The van der Waals surface area contributed by atoms with Gasteiger partial charge in [-0.25, -0.2) is 0 Å². The van der Waals surface area contributed by atoms with Crippen LogP contribution in [0.2, 0.25) is 0 Å². The van der Waals surface area contributed by atoms with Gasteiger partial charge in [-0.1, -0.05) is 29.8 Å². The third kappa shape index (κ3) is 6.28. The normalized spacial score (nSPS) is 12.0. The number of hydrogen-bond acceptors (Lipinski definition) is 3. The van der Waals surface area contributed by atoms with Crippen LogP contribution in [0.5, 0.6) is 5.75 Å². The van der Waals surface area contributed by atoms with Crippen molar-refractivity contribution in [3.05, 3.63) is 58.7 Å². The second kappa shape index (κ2) is 10.1. The molecule has 2 atom stereocenters. The molecule has 0 bridgehead atoms. The molecule has 0 aliphatic carbocycles. The Bertz CT molecular complexity index is 690. The van der Waals surface area contributed by atoms with Crippen LogP contribution in [0.3, 0.4) is 0 Å². The Labute approximate surface area is 164 Å². The van der Waals surface area contributed by atoms with E-state index in [1.807, 2.05) is 52.0 Å². The number of carbonyl (C=O) groups excluding carboxylic acids is 1. The molecule has 5 heteroatoms. The molecule has 0 aromatic heterocycles. The summed E-state index contributed by atoms with van der Waals surface area (Å²) >= 11 is 0. The van der Waals surface area contributed by atoms with E-state index in [1.165, 1.54) is 5.56 Å². The van der Waals surface area contributed by atoms with Crippen LogP contribution in [0.1, 0.15) is 40.9 Å². The van der Waals surface area contributed by atoms with E-state index in [0.717, 1.165) is 27.7 Å². The Balaban J connectivity index is 0.00000312. The topological polar surface area (TPSA) is 35.5 Å². The summed E-state index contributed by atoms with van der Waals surface area (Å²) in [4.78, 5) is 12.7.